The first-order valence-electron chi connectivity index (χ1n) is 47.6. The molecule has 0 saturated carbocycles. The van der Waals surface area contributed by atoms with Crippen LogP contribution in [0.15, 0.2) is 365 Å². The molecule has 28 rings (SSSR count). The van der Waals surface area contributed by atoms with Crippen molar-refractivity contribution < 1.29 is 9.47 Å². The van der Waals surface area contributed by atoms with Crippen LogP contribution in [-0.2, 0) is 28.1 Å². The second-order valence-corrected chi connectivity index (χ2v) is 43.2. The van der Waals surface area contributed by atoms with Crippen molar-refractivity contribution in [2.45, 2.75) is 136 Å². The van der Waals surface area contributed by atoms with Gasteiger partial charge >= 0.3 is 13.7 Å². The van der Waals surface area contributed by atoms with Crippen LogP contribution in [0.25, 0.3) is 98.8 Å². The molecule has 1 unspecified atom stereocenters. The van der Waals surface area contributed by atoms with E-state index in [0.29, 0.717) is 23.0 Å². The predicted molar refractivity (Wildman–Crippen MR) is 563 cm³/mol. The van der Waals surface area contributed by atoms with E-state index in [4.69, 9.17) is 9.47 Å². The number of ether oxygens (including phenoxy) is 2. The fourth-order valence-electron chi connectivity index (χ4n) is 25.0. The summed E-state index contributed by atoms with van der Waals surface area (Å²) in [7, 11) is 0. The Morgan fingerprint density at radius 1 is 0.299 bits per heavy atom. The summed E-state index contributed by atoms with van der Waals surface area (Å²) in [5.41, 5.74) is 37.5. The Kier molecular flexibility index (Phi) is 16.6. The number of anilines is 10. The number of benzene rings is 18. The van der Waals surface area contributed by atoms with Gasteiger partial charge in [0.15, 0.2) is 23.0 Å². The maximum absolute atomic E-state index is 7.09. The van der Waals surface area contributed by atoms with Crippen LogP contribution in [-0.4, -0.2) is 22.8 Å². The SMILES string of the molecule is Cc1cc2c(cc1N1B3c4c(cc(N(c5ccccc5)c5ccccc5)cc4-n4c5cc6ccccc6cc5c5cccc3c54)-c3cc4c(cc31)Sc1ccccc1S4)C(C)(C)CCC2(C)Cc1cccc(N(c2ccccc2)c2cc3c4c(c2)-n2c5c(cccc5c5ccc6ccccc6c52)B4N(c2cc4c(cc2C)C(C)(C)CCC4(C)C)c2cc4c(cc2-3)Oc2ccccc2O4)c1. The standard InChI is InChI=1S/C122H94B2N6O2S2/c1-72-56-93-94(120(5,6)53-52-119(93,3)4)67-99(72)129-102-69-109-108(131-106-46-23-24-47-107(106)132-109)65-89(102)91-62-83(64-105-115(91)124(129)98-45-28-42-85-87-51-50-75-31-21-22-41-84(75)116(87)128(105)118(85)98)126(80-38-17-12-18-39-80)81-40-27-30-74(58-81)71-122(9)55-54-121(7,8)95-68-100(73(2)57-96(95)122)130-103-70-113-112(133-110-48-25-26-49-111(110)134-113)66-90(103)92-61-82(125(78-34-13-10-14-35-78)79-36-15-11-16-37-79)63-104-114(92)123(130)97-44-29-43-86-88-59-76-32-19-20-33-77(76)60-101(88)127(104)117(86)97/h10-51,56-70H,52-55,71H2,1-9H3. The number of para-hydroxylation sites is 7. The lowest BCUT2D eigenvalue weighted by Gasteiger charge is -2.47. The molecule has 642 valence electrons. The number of hydrogen-bond donors (Lipinski definition) is 0. The minimum absolute atomic E-state index is 0.0161. The summed E-state index contributed by atoms with van der Waals surface area (Å²) in [5.74, 6) is 2.80. The predicted octanol–water partition coefficient (Wildman–Crippen LogP) is 30.7. The Labute approximate surface area is 790 Å². The first kappa shape index (κ1) is 78.4. The molecule has 20 aromatic rings. The lowest BCUT2D eigenvalue weighted by molar-refractivity contribution is 0.310. The molecule has 0 fully saturated rings. The van der Waals surface area contributed by atoms with Crippen LogP contribution in [0.1, 0.15) is 113 Å². The van der Waals surface area contributed by atoms with Gasteiger partial charge in [0.25, 0.3) is 0 Å². The van der Waals surface area contributed by atoms with Crippen LogP contribution in [0.2, 0.25) is 0 Å². The second kappa shape index (κ2) is 28.4. The largest absolute Gasteiger partial charge is 0.449 e. The minimum atomic E-state index is -0.268. The third kappa shape index (κ3) is 11.4. The Balaban J connectivity index is 0.629. The van der Waals surface area contributed by atoms with Crippen molar-refractivity contribution in [1.82, 2.24) is 9.13 Å². The third-order valence-corrected chi connectivity index (χ3v) is 34.2. The molecule has 0 saturated heterocycles. The van der Waals surface area contributed by atoms with E-state index in [1.165, 1.54) is 179 Å². The number of aryl methyl sites for hydroxylation is 2. The normalized spacial score (nSPS) is 16.5. The van der Waals surface area contributed by atoms with Gasteiger partial charge in [0.2, 0.25) is 0 Å². The number of hydrogen-bond acceptors (Lipinski definition) is 8. The third-order valence-electron chi connectivity index (χ3n) is 31.6. The van der Waals surface area contributed by atoms with Gasteiger partial charge in [-0.05, 0) is 295 Å². The van der Waals surface area contributed by atoms with Gasteiger partial charge in [-0.15, -0.1) is 0 Å². The zero-order chi connectivity index (χ0) is 89.4. The Morgan fingerprint density at radius 3 is 1.37 bits per heavy atom. The summed E-state index contributed by atoms with van der Waals surface area (Å²) in [4.78, 5) is 15.7. The van der Waals surface area contributed by atoms with Gasteiger partial charge in [0, 0.05) is 132 Å². The average molecular weight is 1760 g/mol. The van der Waals surface area contributed by atoms with E-state index in [2.05, 4.69) is 412 Å². The van der Waals surface area contributed by atoms with Gasteiger partial charge in [0.1, 0.15) is 0 Å². The highest BCUT2D eigenvalue weighted by Gasteiger charge is 2.51. The molecule has 6 aliphatic heterocycles. The smallest absolute Gasteiger partial charge is 0.333 e. The molecule has 18 aromatic carbocycles. The van der Waals surface area contributed by atoms with Gasteiger partial charge < -0.3 is 38.0 Å². The maximum Gasteiger partial charge on any atom is 0.333 e. The van der Waals surface area contributed by atoms with Crippen LogP contribution >= 0.6 is 23.5 Å². The van der Waals surface area contributed by atoms with Crippen LogP contribution in [0.3, 0.4) is 0 Å². The highest BCUT2D eigenvalue weighted by Crippen LogP contribution is 2.61. The molecule has 0 spiro atoms. The molecular weight excluding hydrogens is 1670 g/mol. The molecular formula is C122H94B2N6O2S2. The van der Waals surface area contributed by atoms with E-state index < -0.39 is 0 Å². The van der Waals surface area contributed by atoms with Crippen molar-refractivity contribution in [2.75, 3.05) is 19.4 Å². The first-order valence-corrected chi connectivity index (χ1v) is 49.2. The zero-order valence-electron chi connectivity index (χ0n) is 76.4. The van der Waals surface area contributed by atoms with Gasteiger partial charge in [-0.2, -0.15) is 0 Å². The van der Waals surface area contributed by atoms with E-state index >= 15 is 0 Å². The first-order chi connectivity index (χ1) is 65.3. The second-order valence-electron chi connectivity index (χ2n) is 41.0. The average Bonchev–Trinajstić information content (AvgIpc) is 1.38. The molecule has 8 nitrogen and oxygen atoms in total. The molecule has 134 heavy (non-hydrogen) atoms. The van der Waals surface area contributed by atoms with E-state index in [-0.39, 0.29) is 35.4 Å². The van der Waals surface area contributed by atoms with Gasteiger partial charge in [-0.25, -0.2) is 0 Å². The molecule has 12 heteroatoms. The van der Waals surface area contributed by atoms with Crippen molar-refractivity contribution in [3.8, 4) is 56.6 Å². The van der Waals surface area contributed by atoms with E-state index in [0.717, 1.165) is 88.7 Å². The summed E-state index contributed by atoms with van der Waals surface area (Å²) in [6.07, 6.45) is 5.11. The summed E-state index contributed by atoms with van der Waals surface area (Å²) < 4.78 is 19.5. The van der Waals surface area contributed by atoms with Crippen LogP contribution in [0.5, 0.6) is 23.0 Å². The molecule has 2 aliphatic carbocycles. The fraction of sp³-hybridized carbons (Fsp3) is 0.148. The Morgan fingerprint density at radius 2 is 0.754 bits per heavy atom. The highest BCUT2D eigenvalue weighted by atomic mass is 32.2. The molecule has 0 amide bonds. The van der Waals surface area contributed by atoms with Crippen molar-refractivity contribution in [2.24, 2.45) is 0 Å². The monoisotopic (exact) mass is 1760 g/mol. The molecule has 0 bridgehead atoms. The molecule has 8 heterocycles. The van der Waals surface area contributed by atoms with E-state index in [1.54, 1.807) is 0 Å². The number of aromatic nitrogens is 2. The minimum Gasteiger partial charge on any atom is -0.449 e. The molecule has 1 atom stereocenters. The summed E-state index contributed by atoms with van der Waals surface area (Å²) in [5, 5.41) is 9.90. The van der Waals surface area contributed by atoms with Crippen molar-refractivity contribution in [1.29, 1.82) is 0 Å². The fourth-order valence-corrected chi connectivity index (χ4v) is 27.3. The molecule has 0 radical (unpaired) electrons. The summed E-state index contributed by atoms with van der Waals surface area (Å²) in [6, 6.07) is 132. The zero-order valence-corrected chi connectivity index (χ0v) is 78.0. The van der Waals surface area contributed by atoms with E-state index in [9.17, 15) is 0 Å². The quantitative estimate of drug-likeness (QED) is 0.126. The molecule has 8 aliphatic rings. The van der Waals surface area contributed by atoms with Gasteiger partial charge in [-0.3, -0.25) is 0 Å². The Bertz CT molecular complexity index is 8530. The lowest BCUT2D eigenvalue weighted by atomic mass is 9.43. The highest BCUT2D eigenvalue weighted by molar-refractivity contribution is 8.05. The van der Waals surface area contributed by atoms with Crippen molar-refractivity contribution >= 4 is 181 Å². The maximum atomic E-state index is 7.09. The Hall–Kier alpha value is -14.3. The van der Waals surface area contributed by atoms with Crippen molar-refractivity contribution in [3.63, 3.8) is 0 Å². The molecule has 0 N–H and O–H groups in total. The van der Waals surface area contributed by atoms with Gasteiger partial charge in [-0.1, -0.05) is 272 Å². The van der Waals surface area contributed by atoms with Crippen molar-refractivity contribution in [3.05, 3.63) is 385 Å². The van der Waals surface area contributed by atoms with Gasteiger partial charge in [0.05, 0.1) is 22.1 Å². The topological polar surface area (TPSA) is 41.3 Å². The van der Waals surface area contributed by atoms with Crippen LogP contribution < -0.4 is 50.7 Å². The van der Waals surface area contributed by atoms with Crippen LogP contribution in [0.4, 0.5) is 56.9 Å². The summed E-state index contributed by atoms with van der Waals surface area (Å²) in [6.45, 7) is 21.8. The number of nitrogens with zero attached hydrogens (tertiary/aromatic N) is 6. The molecule has 2 aromatic heterocycles. The van der Waals surface area contributed by atoms with E-state index in [1.807, 2.05) is 47.8 Å². The lowest BCUT2D eigenvalue weighted by Crippen LogP contribution is -2.61. The summed E-state index contributed by atoms with van der Waals surface area (Å²) >= 11 is 3.82. The number of rotatable bonds is 10. The van der Waals surface area contributed by atoms with Crippen LogP contribution in [0, 0.1) is 13.8 Å². The number of fused-ring (bicyclic) bond motifs is 23.